The van der Waals surface area contributed by atoms with Crippen LogP contribution in [0.4, 0.5) is 11.5 Å². The Morgan fingerprint density at radius 2 is 2.28 bits per heavy atom. The van der Waals surface area contributed by atoms with E-state index in [0.29, 0.717) is 23.6 Å². The molecule has 6 nitrogen and oxygen atoms in total. The van der Waals surface area contributed by atoms with Gasteiger partial charge in [0.25, 0.3) is 0 Å². The van der Waals surface area contributed by atoms with E-state index < -0.39 is 0 Å². The maximum absolute atomic E-state index is 8.86. The molecule has 2 aromatic rings. The fourth-order valence-corrected chi connectivity index (χ4v) is 1.64. The molecule has 0 spiro atoms. The molecule has 0 aliphatic carbocycles. The molecule has 0 amide bonds. The first kappa shape index (κ1) is 11.9. The lowest BCUT2D eigenvalue weighted by Crippen LogP contribution is -2.11. The highest BCUT2D eigenvalue weighted by Gasteiger charge is 2.05. The van der Waals surface area contributed by atoms with Crippen molar-refractivity contribution < 1.29 is 0 Å². The maximum Gasteiger partial charge on any atom is 0.150 e. The summed E-state index contributed by atoms with van der Waals surface area (Å²) < 4.78 is 1.96. The van der Waals surface area contributed by atoms with Gasteiger partial charge in [-0.15, -0.1) is 0 Å². The zero-order chi connectivity index (χ0) is 13.0. The third kappa shape index (κ3) is 2.40. The Morgan fingerprint density at radius 3 is 2.94 bits per heavy atom. The molecule has 6 heteroatoms. The van der Waals surface area contributed by atoms with E-state index in [1.54, 1.807) is 18.5 Å². The molecule has 2 aromatic heterocycles. The van der Waals surface area contributed by atoms with Crippen LogP contribution in [-0.4, -0.2) is 21.1 Å². The van der Waals surface area contributed by atoms with Gasteiger partial charge in [-0.1, -0.05) is 0 Å². The summed E-state index contributed by atoms with van der Waals surface area (Å²) in [5.41, 5.74) is 6.64. The number of pyridine rings is 1. The number of hydrogen-bond acceptors (Lipinski definition) is 5. The number of rotatable bonds is 4. The number of nitrogen functional groups attached to an aromatic ring is 1. The van der Waals surface area contributed by atoms with Crippen LogP contribution in [0, 0.1) is 11.3 Å². The number of nitriles is 1. The largest absolute Gasteiger partial charge is 0.395 e. The summed E-state index contributed by atoms with van der Waals surface area (Å²) >= 11 is 0. The molecule has 0 atom stereocenters. The number of nitrogens with zero attached hydrogens (tertiary/aromatic N) is 4. The lowest BCUT2D eigenvalue weighted by Gasteiger charge is -2.08. The Morgan fingerprint density at radius 1 is 1.44 bits per heavy atom. The SMILES string of the molecule is Cn1ccnc1CCNc1nccc(C#N)c1N. The fraction of sp³-hybridized carbons (Fsp3) is 0.250. The summed E-state index contributed by atoms with van der Waals surface area (Å²) in [6.07, 6.45) is 6.00. The van der Waals surface area contributed by atoms with Crippen LogP contribution in [0.15, 0.2) is 24.7 Å². The summed E-state index contributed by atoms with van der Waals surface area (Å²) in [6, 6.07) is 3.62. The first-order valence-corrected chi connectivity index (χ1v) is 5.57. The van der Waals surface area contributed by atoms with Gasteiger partial charge in [0.2, 0.25) is 0 Å². The van der Waals surface area contributed by atoms with Crippen molar-refractivity contribution in [1.82, 2.24) is 14.5 Å². The van der Waals surface area contributed by atoms with Crippen molar-refractivity contribution in [1.29, 1.82) is 5.26 Å². The number of nitrogens with two attached hydrogens (primary N) is 1. The van der Waals surface area contributed by atoms with Crippen molar-refractivity contribution in [2.75, 3.05) is 17.6 Å². The molecule has 0 bridgehead atoms. The molecular weight excluding hydrogens is 228 g/mol. The van der Waals surface area contributed by atoms with Crippen LogP contribution >= 0.6 is 0 Å². The minimum atomic E-state index is 0.389. The van der Waals surface area contributed by atoms with Gasteiger partial charge in [-0.2, -0.15) is 5.26 Å². The molecule has 0 aliphatic heterocycles. The number of hydrogen-bond donors (Lipinski definition) is 2. The Bertz CT molecular complexity index is 580. The van der Waals surface area contributed by atoms with E-state index in [2.05, 4.69) is 15.3 Å². The van der Waals surface area contributed by atoms with Crippen molar-refractivity contribution in [3.05, 3.63) is 36.0 Å². The molecule has 18 heavy (non-hydrogen) atoms. The molecule has 92 valence electrons. The molecule has 0 aromatic carbocycles. The highest BCUT2D eigenvalue weighted by molar-refractivity contribution is 5.68. The third-order valence-corrected chi connectivity index (χ3v) is 2.67. The van der Waals surface area contributed by atoms with Gasteiger partial charge in [0, 0.05) is 38.6 Å². The van der Waals surface area contributed by atoms with E-state index in [4.69, 9.17) is 11.0 Å². The molecular formula is C12H14N6. The van der Waals surface area contributed by atoms with Gasteiger partial charge in [-0.25, -0.2) is 9.97 Å². The normalized spacial score (nSPS) is 10.0. The lowest BCUT2D eigenvalue weighted by atomic mass is 10.2. The standard InChI is InChI=1S/C12H14N6/c1-18-7-6-15-10(18)3-5-17-12-11(14)9(8-13)2-4-16-12/h2,4,6-7H,3,5,14H2,1H3,(H,16,17). The Labute approximate surface area is 105 Å². The second-order valence-electron chi connectivity index (χ2n) is 3.86. The van der Waals surface area contributed by atoms with Crippen molar-refractivity contribution in [3.8, 4) is 6.07 Å². The van der Waals surface area contributed by atoms with E-state index in [1.807, 2.05) is 23.9 Å². The second-order valence-corrected chi connectivity index (χ2v) is 3.86. The van der Waals surface area contributed by atoms with Crippen LogP contribution in [0.5, 0.6) is 0 Å². The van der Waals surface area contributed by atoms with Gasteiger partial charge in [-0.3, -0.25) is 0 Å². The highest BCUT2D eigenvalue weighted by atomic mass is 15.0. The van der Waals surface area contributed by atoms with Gasteiger partial charge in [0.15, 0.2) is 5.82 Å². The van der Waals surface area contributed by atoms with Gasteiger partial charge in [-0.05, 0) is 6.07 Å². The Balaban J connectivity index is 1.99. The quantitative estimate of drug-likeness (QED) is 0.831. The molecule has 0 saturated heterocycles. The summed E-state index contributed by atoms with van der Waals surface area (Å²) in [6.45, 7) is 0.664. The minimum Gasteiger partial charge on any atom is -0.395 e. The molecule has 0 radical (unpaired) electrons. The van der Waals surface area contributed by atoms with Crippen LogP contribution in [-0.2, 0) is 13.5 Å². The van der Waals surface area contributed by atoms with Gasteiger partial charge in [0.05, 0.1) is 11.3 Å². The van der Waals surface area contributed by atoms with Crippen LogP contribution in [0.2, 0.25) is 0 Å². The second kappa shape index (κ2) is 5.19. The molecule has 0 aliphatic rings. The van der Waals surface area contributed by atoms with E-state index in [1.165, 1.54) is 0 Å². The average molecular weight is 242 g/mol. The van der Waals surface area contributed by atoms with Crippen LogP contribution in [0.3, 0.4) is 0 Å². The van der Waals surface area contributed by atoms with Crippen LogP contribution < -0.4 is 11.1 Å². The van der Waals surface area contributed by atoms with Gasteiger partial charge >= 0.3 is 0 Å². The number of imidazole rings is 1. The molecule has 2 rings (SSSR count). The minimum absolute atomic E-state index is 0.389. The van der Waals surface area contributed by atoms with Crippen LogP contribution in [0.1, 0.15) is 11.4 Å². The van der Waals surface area contributed by atoms with Crippen molar-refractivity contribution in [3.63, 3.8) is 0 Å². The summed E-state index contributed by atoms with van der Waals surface area (Å²) in [4.78, 5) is 8.34. The van der Waals surface area contributed by atoms with E-state index in [-0.39, 0.29) is 0 Å². The van der Waals surface area contributed by atoms with Crippen LogP contribution in [0.25, 0.3) is 0 Å². The number of aryl methyl sites for hydroxylation is 1. The summed E-state index contributed by atoms with van der Waals surface area (Å²) in [5.74, 6) is 1.53. The molecule has 0 unspecified atom stereocenters. The van der Waals surface area contributed by atoms with Crippen molar-refractivity contribution in [2.24, 2.45) is 7.05 Å². The summed E-state index contributed by atoms with van der Waals surface area (Å²) in [7, 11) is 1.95. The molecule has 2 heterocycles. The monoisotopic (exact) mass is 242 g/mol. The molecule has 0 saturated carbocycles. The van der Waals surface area contributed by atoms with Gasteiger partial charge < -0.3 is 15.6 Å². The Kier molecular flexibility index (Phi) is 3.44. The van der Waals surface area contributed by atoms with E-state index in [9.17, 15) is 0 Å². The molecule has 0 fully saturated rings. The average Bonchev–Trinajstić information content (AvgIpc) is 2.77. The van der Waals surface area contributed by atoms with Crippen molar-refractivity contribution in [2.45, 2.75) is 6.42 Å². The maximum atomic E-state index is 8.86. The predicted octanol–water partition coefficient (Wildman–Crippen LogP) is 0.924. The zero-order valence-corrected chi connectivity index (χ0v) is 10.1. The molecule has 3 N–H and O–H groups in total. The zero-order valence-electron chi connectivity index (χ0n) is 10.1. The van der Waals surface area contributed by atoms with Crippen molar-refractivity contribution >= 4 is 11.5 Å². The smallest absolute Gasteiger partial charge is 0.150 e. The first-order valence-electron chi connectivity index (χ1n) is 5.57. The topological polar surface area (TPSA) is 92.5 Å². The number of nitrogens with one attached hydrogen (secondary N) is 1. The van der Waals surface area contributed by atoms with E-state index >= 15 is 0 Å². The first-order chi connectivity index (χ1) is 8.72. The number of anilines is 2. The summed E-state index contributed by atoms with van der Waals surface area (Å²) in [5, 5.41) is 12.0. The van der Waals surface area contributed by atoms with E-state index in [0.717, 1.165) is 12.2 Å². The lowest BCUT2D eigenvalue weighted by molar-refractivity contribution is 0.788. The number of aromatic nitrogens is 3. The highest BCUT2D eigenvalue weighted by Crippen LogP contribution is 2.18. The Hall–Kier alpha value is -2.55. The predicted molar refractivity (Wildman–Crippen MR) is 68.8 cm³/mol. The fourth-order valence-electron chi connectivity index (χ4n) is 1.64. The third-order valence-electron chi connectivity index (χ3n) is 2.67. The van der Waals surface area contributed by atoms with Gasteiger partial charge in [0.1, 0.15) is 11.9 Å².